The highest BCUT2D eigenvalue weighted by Gasteiger charge is 2.30. The lowest BCUT2D eigenvalue weighted by atomic mass is 10.1. The van der Waals surface area contributed by atoms with Crippen LogP contribution in [0, 0.1) is 6.92 Å². The number of nitrogens with two attached hydrogens (primary N) is 1. The molecule has 19 heavy (non-hydrogen) atoms. The molecule has 108 valence electrons. The maximum Gasteiger partial charge on any atom is 0.243 e. The van der Waals surface area contributed by atoms with Gasteiger partial charge in [-0.25, -0.2) is 8.42 Å². The van der Waals surface area contributed by atoms with E-state index in [1.165, 1.54) is 4.31 Å². The molecule has 7 heteroatoms. The van der Waals surface area contributed by atoms with Crippen LogP contribution in [0.25, 0.3) is 0 Å². The number of nitrogens with zero attached hydrogens (tertiary/aromatic N) is 1. The van der Waals surface area contributed by atoms with Gasteiger partial charge < -0.3 is 5.73 Å². The van der Waals surface area contributed by atoms with Gasteiger partial charge in [-0.05, 0) is 37.5 Å². The van der Waals surface area contributed by atoms with Crippen LogP contribution in [0.1, 0.15) is 18.4 Å². The van der Waals surface area contributed by atoms with Crippen LogP contribution in [-0.2, 0) is 10.0 Å². The molecule has 0 amide bonds. The Balaban J connectivity index is 0.00000180. The van der Waals surface area contributed by atoms with Crippen LogP contribution in [0.3, 0.4) is 0 Å². The van der Waals surface area contributed by atoms with Crippen molar-refractivity contribution in [2.45, 2.75) is 30.7 Å². The largest absolute Gasteiger partial charge is 0.327 e. The number of hydrogen-bond donors (Lipinski definition) is 1. The standard InChI is InChI=1S/C12H17ClN2O2S.ClH/c1-9-11(13)5-2-6-12(9)18(16,17)15-7-3-4-10(14)8-15;/h2,5-6,10H,3-4,7-8,14H2,1H3;1H. The normalized spacial score (nSPS) is 20.9. The molecule has 1 fully saturated rings. The summed E-state index contributed by atoms with van der Waals surface area (Å²) in [7, 11) is -3.48. The second-order valence-electron chi connectivity index (χ2n) is 4.63. The lowest BCUT2D eigenvalue weighted by molar-refractivity contribution is 0.316. The molecule has 2 N–H and O–H groups in total. The zero-order chi connectivity index (χ0) is 13.3. The topological polar surface area (TPSA) is 63.4 Å². The van der Waals surface area contributed by atoms with Gasteiger partial charge in [-0.2, -0.15) is 4.31 Å². The summed E-state index contributed by atoms with van der Waals surface area (Å²) in [5, 5.41) is 0.470. The first kappa shape index (κ1) is 16.7. The summed E-state index contributed by atoms with van der Waals surface area (Å²) in [6, 6.07) is 4.87. The van der Waals surface area contributed by atoms with Crippen LogP contribution in [0.5, 0.6) is 0 Å². The Morgan fingerprint density at radius 2 is 2.11 bits per heavy atom. The molecule has 1 saturated heterocycles. The van der Waals surface area contributed by atoms with Gasteiger partial charge in [0.25, 0.3) is 0 Å². The number of sulfonamides is 1. The van der Waals surface area contributed by atoms with E-state index in [0.29, 0.717) is 23.7 Å². The number of hydrogen-bond acceptors (Lipinski definition) is 3. The fourth-order valence-corrected chi connectivity index (χ4v) is 4.21. The van der Waals surface area contributed by atoms with E-state index >= 15 is 0 Å². The maximum absolute atomic E-state index is 12.5. The van der Waals surface area contributed by atoms with Gasteiger partial charge in [0.15, 0.2) is 0 Å². The van der Waals surface area contributed by atoms with Crippen molar-refractivity contribution in [3.63, 3.8) is 0 Å². The quantitative estimate of drug-likeness (QED) is 0.906. The summed E-state index contributed by atoms with van der Waals surface area (Å²) in [5.41, 5.74) is 6.43. The van der Waals surface area contributed by atoms with E-state index in [4.69, 9.17) is 17.3 Å². The van der Waals surface area contributed by atoms with E-state index in [9.17, 15) is 8.42 Å². The van der Waals surface area contributed by atoms with Crippen LogP contribution in [-0.4, -0.2) is 31.9 Å². The molecule has 0 bridgehead atoms. The Hall–Kier alpha value is -0.330. The lowest BCUT2D eigenvalue weighted by Gasteiger charge is -2.30. The SMILES string of the molecule is Cc1c(Cl)cccc1S(=O)(=O)N1CCCC(N)C1.Cl. The van der Waals surface area contributed by atoms with Crippen LogP contribution >= 0.6 is 24.0 Å². The third kappa shape index (κ3) is 3.41. The van der Waals surface area contributed by atoms with Crippen molar-refractivity contribution in [3.8, 4) is 0 Å². The lowest BCUT2D eigenvalue weighted by Crippen LogP contribution is -2.45. The molecular formula is C12H18Cl2N2O2S. The van der Waals surface area contributed by atoms with Gasteiger partial charge in [-0.15, -0.1) is 12.4 Å². The van der Waals surface area contributed by atoms with E-state index in [2.05, 4.69) is 0 Å². The van der Waals surface area contributed by atoms with E-state index in [0.717, 1.165) is 12.8 Å². The molecule has 1 aliphatic rings. The molecule has 1 aromatic rings. The average molecular weight is 325 g/mol. The molecule has 0 radical (unpaired) electrons. The molecule has 1 unspecified atom stereocenters. The Morgan fingerprint density at radius 1 is 1.42 bits per heavy atom. The van der Waals surface area contributed by atoms with E-state index in [1.54, 1.807) is 25.1 Å². The molecule has 0 aliphatic carbocycles. The van der Waals surface area contributed by atoms with E-state index in [1.807, 2.05) is 0 Å². The molecule has 0 spiro atoms. The Kier molecular flexibility index (Phi) is 5.65. The van der Waals surface area contributed by atoms with Gasteiger partial charge in [-0.1, -0.05) is 17.7 Å². The molecule has 1 atom stereocenters. The predicted octanol–water partition coefficient (Wildman–Crippen LogP) is 2.18. The summed E-state index contributed by atoms with van der Waals surface area (Å²) in [6.07, 6.45) is 1.68. The van der Waals surface area contributed by atoms with Gasteiger partial charge in [0, 0.05) is 24.2 Å². The second kappa shape index (κ2) is 6.41. The Morgan fingerprint density at radius 3 is 2.74 bits per heavy atom. The molecule has 0 saturated carbocycles. The highest BCUT2D eigenvalue weighted by Crippen LogP contribution is 2.27. The minimum Gasteiger partial charge on any atom is -0.327 e. The minimum atomic E-state index is -3.48. The predicted molar refractivity (Wildman–Crippen MR) is 79.4 cm³/mol. The van der Waals surface area contributed by atoms with Crippen molar-refractivity contribution in [2.75, 3.05) is 13.1 Å². The molecule has 4 nitrogen and oxygen atoms in total. The molecule has 1 aromatic carbocycles. The van der Waals surface area contributed by atoms with Gasteiger partial charge in [0.05, 0.1) is 4.90 Å². The van der Waals surface area contributed by atoms with Crippen molar-refractivity contribution in [1.29, 1.82) is 0 Å². The summed E-state index contributed by atoms with van der Waals surface area (Å²) in [4.78, 5) is 0.282. The zero-order valence-corrected chi connectivity index (χ0v) is 13.1. The second-order valence-corrected chi connectivity index (χ2v) is 6.94. The first-order valence-corrected chi connectivity index (χ1v) is 7.75. The van der Waals surface area contributed by atoms with Crippen LogP contribution in [0.15, 0.2) is 23.1 Å². The third-order valence-corrected chi connectivity index (χ3v) is 5.68. The fourth-order valence-electron chi connectivity index (χ4n) is 2.20. The van der Waals surface area contributed by atoms with Gasteiger partial charge in [0.1, 0.15) is 0 Å². The number of benzene rings is 1. The van der Waals surface area contributed by atoms with Gasteiger partial charge in [0.2, 0.25) is 10.0 Å². The van der Waals surface area contributed by atoms with Crippen LogP contribution in [0.2, 0.25) is 5.02 Å². The monoisotopic (exact) mass is 324 g/mol. The molecule has 1 aliphatic heterocycles. The van der Waals surface area contributed by atoms with Crippen molar-refractivity contribution in [1.82, 2.24) is 4.31 Å². The van der Waals surface area contributed by atoms with Crippen molar-refractivity contribution < 1.29 is 8.42 Å². The average Bonchev–Trinajstić information content (AvgIpc) is 2.32. The van der Waals surface area contributed by atoms with Crippen LogP contribution in [0.4, 0.5) is 0 Å². The maximum atomic E-state index is 12.5. The summed E-state index contributed by atoms with van der Waals surface area (Å²) < 4.78 is 26.5. The minimum absolute atomic E-state index is 0. The number of rotatable bonds is 2. The summed E-state index contributed by atoms with van der Waals surface area (Å²) in [5.74, 6) is 0. The molecule has 0 aromatic heterocycles. The van der Waals surface area contributed by atoms with Crippen LogP contribution < -0.4 is 5.73 Å². The summed E-state index contributed by atoms with van der Waals surface area (Å²) >= 11 is 5.98. The Bertz CT molecular complexity index is 549. The first-order chi connectivity index (χ1) is 8.43. The molecule has 1 heterocycles. The Labute approximate surface area is 125 Å². The van der Waals surface area contributed by atoms with Crippen molar-refractivity contribution in [2.24, 2.45) is 5.73 Å². The van der Waals surface area contributed by atoms with E-state index < -0.39 is 10.0 Å². The highest BCUT2D eigenvalue weighted by atomic mass is 35.5. The third-order valence-electron chi connectivity index (χ3n) is 3.26. The smallest absolute Gasteiger partial charge is 0.243 e. The number of halogens is 2. The fraction of sp³-hybridized carbons (Fsp3) is 0.500. The highest BCUT2D eigenvalue weighted by molar-refractivity contribution is 7.89. The van der Waals surface area contributed by atoms with Gasteiger partial charge >= 0.3 is 0 Å². The molecular weight excluding hydrogens is 307 g/mol. The van der Waals surface area contributed by atoms with E-state index in [-0.39, 0.29) is 23.3 Å². The first-order valence-electron chi connectivity index (χ1n) is 5.94. The van der Waals surface area contributed by atoms with Crippen molar-refractivity contribution >= 4 is 34.0 Å². The zero-order valence-electron chi connectivity index (χ0n) is 10.7. The van der Waals surface area contributed by atoms with Crippen molar-refractivity contribution in [3.05, 3.63) is 28.8 Å². The number of piperidine rings is 1. The van der Waals surface area contributed by atoms with Gasteiger partial charge in [-0.3, -0.25) is 0 Å². The summed E-state index contributed by atoms with van der Waals surface area (Å²) in [6.45, 7) is 2.63. The molecule has 2 rings (SSSR count).